The molecule has 2 aromatic carbocycles. The van der Waals surface area contributed by atoms with Crippen molar-refractivity contribution in [1.82, 2.24) is 19.7 Å². The van der Waals surface area contributed by atoms with Crippen LogP contribution in [0.2, 0.25) is 5.02 Å². The third kappa shape index (κ3) is 6.21. The SMILES string of the molecule is CC(=O)N1CCN(C(=O)c2coc(CN(Cc3ccccc3)Cc3cccc(Cl)c3)n2)CC1. The van der Waals surface area contributed by atoms with E-state index in [9.17, 15) is 9.59 Å². The van der Waals surface area contributed by atoms with Gasteiger partial charge in [-0.15, -0.1) is 0 Å². The third-order valence-corrected chi connectivity index (χ3v) is 5.92. The lowest BCUT2D eigenvalue weighted by Crippen LogP contribution is -2.50. The molecule has 8 heteroatoms. The van der Waals surface area contributed by atoms with Gasteiger partial charge in [0.2, 0.25) is 11.8 Å². The summed E-state index contributed by atoms with van der Waals surface area (Å²) in [5.74, 6) is 0.348. The van der Waals surface area contributed by atoms with E-state index in [0.717, 1.165) is 5.56 Å². The summed E-state index contributed by atoms with van der Waals surface area (Å²) in [7, 11) is 0. The van der Waals surface area contributed by atoms with E-state index in [4.69, 9.17) is 16.0 Å². The molecular weight excluding hydrogens is 440 g/mol. The fraction of sp³-hybridized carbons (Fsp3) is 0.320. The Labute approximate surface area is 198 Å². The topological polar surface area (TPSA) is 69.9 Å². The number of amides is 2. The zero-order valence-corrected chi connectivity index (χ0v) is 19.4. The van der Waals surface area contributed by atoms with Gasteiger partial charge in [-0.2, -0.15) is 0 Å². The zero-order chi connectivity index (χ0) is 23.2. The van der Waals surface area contributed by atoms with Gasteiger partial charge in [0.05, 0.1) is 6.54 Å². The Morgan fingerprint density at radius 3 is 2.30 bits per heavy atom. The quantitative estimate of drug-likeness (QED) is 0.529. The van der Waals surface area contributed by atoms with E-state index in [2.05, 4.69) is 22.0 Å². The van der Waals surface area contributed by atoms with E-state index in [0.29, 0.717) is 62.4 Å². The van der Waals surface area contributed by atoms with Crippen molar-refractivity contribution in [3.8, 4) is 0 Å². The summed E-state index contributed by atoms with van der Waals surface area (Å²) in [6.45, 7) is 5.43. The van der Waals surface area contributed by atoms with Gasteiger partial charge in [0.15, 0.2) is 5.69 Å². The van der Waals surface area contributed by atoms with Gasteiger partial charge in [-0.1, -0.05) is 54.1 Å². The number of rotatable bonds is 7. The van der Waals surface area contributed by atoms with Gasteiger partial charge >= 0.3 is 0 Å². The molecule has 3 aromatic rings. The van der Waals surface area contributed by atoms with E-state index in [1.165, 1.54) is 11.8 Å². The number of nitrogens with zero attached hydrogens (tertiary/aromatic N) is 4. The first-order valence-electron chi connectivity index (χ1n) is 11.0. The number of carbonyl (C=O) groups excluding carboxylic acids is 2. The first-order valence-corrected chi connectivity index (χ1v) is 11.4. The second kappa shape index (κ2) is 10.6. The molecule has 0 N–H and O–H groups in total. The van der Waals surface area contributed by atoms with Crippen LogP contribution in [-0.4, -0.2) is 57.7 Å². The van der Waals surface area contributed by atoms with Crippen LogP contribution in [0.1, 0.15) is 34.4 Å². The van der Waals surface area contributed by atoms with Crippen molar-refractivity contribution in [2.24, 2.45) is 0 Å². The van der Waals surface area contributed by atoms with E-state index in [1.807, 2.05) is 42.5 Å². The average molecular weight is 467 g/mol. The maximum absolute atomic E-state index is 12.9. The average Bonchev–Trinajstić information content (AvgIpc) is 3.28. The van der Waals surface area contributed by atoms with Crippen LogP contribution < -0.4 is 0 Å². The van der Waals surface area contributed by atoms with Crippen molar-refractivity contribution in [1.29, 1.82) is 0 Å². The van der Waals surface area contributed by atoms with Crippen LogP contribution in [0.25, 0.3) is 0 Å². The van der Waals surface area contributed by atoms with Crippen molar-refractivity contribution in [3.63, 3.8) is 0 Å². The number of carbonyl (C=O) groups is 2. The van der Waals surface area contributed by atoms with Crippen LogP contribution >= 0.6 is 11.6 Å². The summed E-state index contributed by atoms with van der Waals surface area (Å²) >= 11 is 6.17. The Morgan fingerprint density at radius 1 is 0.939 bits per heavy atom. The summed E-state index contributed by atoms with van der Waals surface area (Å²) in [5.41, 5.74) is 2.55. The van der Waals surface area contributed by atoms with E-state index in [1.54, 1.807) is 16.7 Å². The number of piperazine rings is 1. The molecule has 1 fully saturated rings. The van der Waals surface area contributed by atoms with Crippen LogP contribution in [0, 0.1) is 0 Å². The van der Waals surface area contributed by atoms with Crippen LogP contribution in [-0.2, 0) is 24.4 Å². The predicted octanol–water partition coefficient (Wildman–Crippen LogP) is 3.83. The molecule has 0 unspecified atom stereocenters. The normalized spacial score (nSPS) is 14.0. The molecule has 0 bridgehead atoms. The molecular formula is C25H27ClN4O3. The fourth-order valence-electron chi connectivity index (χ4n) is 3.96. The third-order valence-electron chi connectivity index (χ3n) is 5.69. The molecule has 1 aromatic heterocycles. The largest absolute Gasteiger partial charge is 0.447 e. The predicted molar refractivity (Wildman–Crippen MR) is 126 cm³/mol. The molecule has 33 heavy (non-hydrogen) atoms. The van der Waals surface area contributed by atoms with E-state index < -0.39 is 0 Å². The standard InChI is InChI=1S/C25H27ClN4O3/c1-19(31)29-10-12-30(13-11-29)25(32)23-18-33-24(27-23)17-28(15-20-6-3-2-4-7-20)16-21-8-5-9-22(26)14-21/h2-9,14,18H,10-13,15-17H2,1H3. The lowest BCUT2D eigenvalue weighted by Gasteiger charge is -2.33. The summed E-state index contributed by atoms with van der Waals surface area (Å²) in [6, 6.07) is 18.0. The molecule has 2 amide bonds. The number of hydrogen-bond donors (Lipinski definition) is 0. The van der Waals surface area contributed by atoms with Gasteiger partial charge in [0.1, 0.15) is 6.26 Å². The molecule has 0 aliphatic carbocycles. The minimum atomic E-state index is -0.169. The van der Waals surface area contributed by atoms with Gasteiger partial charge in [0.25, 0.3) is 5.91 Å². The minimum absolute atomic E-state index is 0.0315. The second-order valence-electron chi connectivity index (χ2n) is 8.19. The maximum atomic E-state index is 12.9. The zero-order valence-electron chi connectivity index (χ0n) is 18.6. The van der Waals surface area contributed by atoms with Crippen molar-refractivity contribution in [2.75, 3.05) is 26.2 Å². The van der Waals surface area contributed by atoms with Crippen LogP contribution in [0.15, 0.2) is 65.3 Å². The van der Waals surface area contributed by atoms with E-state index >= 15 is 0 Å². The highest BCUT2D eigenvalue weighted by Gasteiger charge is 2.25. The lowest BCUT2D eigenvalue weighted by molar-refractivity contribution is -0.130. The van der Waals surface area contributed by atoms with Crippen LogP contribution in [0.3, 0.4) is 0 Å². The van der Waals surface area contributed by atoms with Gasteiger partial charge < -0.3 is 14.2 Å². The molecule has 0 atom stereocenters. The molecule has 2 heterocycles. The molecule has 172 valence electrons. The maximum Gasteiger partial charge on any atom is 0.275 e. The Balaban J connectivity index is 1.44. The molecule has 1 aliphatic rings. The van der Waals surface area contributed by atoms with Crippen molar-refractivity contribution >= 4 is 23.4 Å². The molecule has 0 spiro atoms. The summed E-state index contributed by atoms with van der Waals surface area (Å²) in [5, 5.41) is 0.695. The Hall–Kier alpha value is -3.16. The number of hydrogen-bond acceptors (Lipinski definition) is 5. The van der Waals surface area contributed by atoms with Gasteiger partial charge in [-0.05, 0) is 23.3 Å². The Kier molecular flexibility index (Phi) is 7.42. The fourth-order valence-corrected chi connectivity index (χ4v) is 4.18. The highest BCUT2D eigenvalue weighted by atomic mass is 35.5. The Morgan fingerprint density at radius 2 is 1.61 bits per heavy atom. The minimum Gasteiger partial charge on any atom is -0.447 e. The molecule has 7 nitrogen and oxygen atoms in total. The summed E-state index contributed by atoms with van der Waals surface area (Å²) in [6.07, 6.45) is 1.43. The molecule has 0 saturated carbocycles. The van der Waals surface area contributed by atoms with E-state index in [-0.39, 0.29) is 11.8 Å². The number of benzene rings is 2. The smallest absolute Gasteiger partial charge is 0.275 e. The second-order valence-corrected chi connectivity index (χ2v) is 8.62. The van der Waals surface area contributed by atoms with Crippen molar-refractivity contribution in [2.45, 2.75) is 26.6 Å². The number of aromatic nitrogens is 1. The lowest BCUT2D eigenvalue weighted by atomic mass is 10.1. The highest BCUT2D eigenvalue weighted by molar-refractivity contribution is 6.30. The van der Waals surface area contributed by atoms with Gasteiger partial charge in [-0.25, -0.2) is 4.98 Å². The summed E-state index contributed by atoms with van der Waals surface area (Å²) < 4.78 is 5.67. The number of oxazole rings is 1. The highest BCUT2D eigenvalue weighted by Crippen LogP contribution is 2.18. The van der Waals surface area contributed by atoms with Gasteiger partial charge in [-0.3, -0.25) is 14.5 Å². The molecule has 4 rings (SSSR count). The molecule has 0 radical (unpaired) electrons. The van der Waals surface area contributed by atoms with Crippen LogP contribution in [0.4, 0.5) is 0 Å². The van der Waals surface area contributed by atoms with Crippen molar-refractivity contribution < 1.29 is 14.0 Å². The molecule has 1 saturated heterocycles. The first kappa shape index (κ1) is 23.0. The van der Waals surface area contributed by atoms with Crippen LogP contribution in [0.5, 0.6) is 0 Å². The first-order chi connectivity index (χ1) is 16.0. The van der Waals surface area contributed by atoms with Gasteiger partial charge in [0, 0.05) is 51.2 Å². The monoisotopic (exact) mass is 466 g/mol. The molecule has 1 aliphatic heterocycles. The Bertz CT molecular complexity index is 1090. The summed E-state index contributed by atoms with van der Waals surface area (Å²) in [4.78, 5) is 34.5. The number of halogens is 1. The van der Waals surface area contributed by atoms with Crippen molar-refractivity contribution in [3.05, 3.63) is 88.6 Å².